The van der Waals surface area contributed by atoms with Crippen molar-refractivity contribution in [2.45, 2.75) is 13.0 Å². The van der Waals surface area contributed by atoms with Crippen molar-refractivity contribution in [1.82, 2.24) is 4.98 Å². The molecule has 2 aromatic rings. The molecule has 1 atom stereocenters. The Morgan fingerprint density at radius 3 is 2.71 bits per heavy atom. The molecule has 9 heteroatoms. The monoisotopic (exact) mass is 349 g/mol. The summed E-state index contributed by atoms with van der Waals surface area (Å²) >= 11 is 5.69. The molecule has 1 N–H and O–H groups in total. The molecule has 1 aromatic heterocycles. The quantitative estimate of drug-likeness (QED) is 0.504. The summed E-state index contributed by atoms with van der Waals surface area (Å²) in [5.41, 5.74) is -0.264. The van der Waals surface area contributed by atoms with Gasteiger partial charge in [-0.1, -0.05) is 17.7 Å². The second kappa shape index (κ2) is 7.51. The number of ether oxygens (including phenoxy) is 1. The van der Waals surface area contributed by atoms with E-state index >= 15 is 0 Å². The first-order chi connectivity index (χ1) is 11.4. The molecular formula is C15H12ClN3O5. The molecule has 0 bridgehead atoms. The molecule has 2 rings (SSSR count). The van der Waals surface area contributed by atoms with Gasteiger partial charge in [-0.3, -0.25) is 14.9 Å². The highest BCUT2D eigenvalue weighted by Crippen LogP contribution is 2.15. The summed E-state index contributed by atoms with van der Waals surface area (Å²) in [6, 6.07) is 8.09. The third-order valence-electron chi connectivity index (χ3n) is 2.92. The van der Waals surface area contributed by atoms with E-state index < -0.39 is 22.9 Å². The lowest BCUT2D eigenvalue weighted by Gasteiger charge is -2.13. The van der Waals surface area contributed by atoms with E-state index in [-0.39, 0.29) is 17.1 Å². The van der Waals surface area contributed by atoms with Gasteiger partial charge < -0.3 is 10.1 Å². The first-order valence-corrected chi connectivity index (χ1v) is 7.12. The molecular weight excluding hydrogens is 338 g/mol. The highest BCUT2D eigenvalue weighted by atomic mass is 35.5. The van der Waals surface area contributed by atoms with E-state index in [9.17, 15) is 19.7 Å². The van der Waals surface area contributed by atoms with Crippen LogP contribution in [0.15, 0.2) is 42.6 Å². The van der Waals surface area contributed by atoms with Crippen molar-refractivity contribution in [3.63, 3.8) is 0 Å². The Labute approximate surface area is 141 Å². The van der Waals surface area contributed by atoms with Crippen molar-refractivity contribution >= 4 is 35.0 Å². The predicted octanol–water partition coefficient (Wildman–Crippen LogP) is 2.83. The Morgan fingerprint density at radius 1 is 1.33 bits per heavy atom. The van der Waals surface area contributed by atoms with Gasteiger partial charge in [-0.2, -0.15) is 0 Å². The second-order valence-electron chi connectivity index (χ2n) is 4.71. The van der Waals surface area contributed by atoms with Crippen LogP contribution in [-0.4, -0.2) is 27.9 Å². The van der Waals surface area contributed by atoms with Gasteiger partial charge in [0.1, 0.15) is 5.82 Å². The molecule has 1 heterocycles. The normalized spacial score (nSPS) is 11.4. The molecule has 1 aromatic carbocycles. The Morgan fingerprint density at radius 2 is 2.08 bits per heavy atom. The van der Waals surface area contributed by atoms with Gasteiger partial charge in [0.15, 0.2) is 6.10 Å². The van der Waals surface area contributed by atoms with E-state index in [0.717, 1.165) is 6.07 Å². The zero-order valence-electron chi connectivity index (χ0n) is 12.4. The van der Waals surface area contributed by atoms with Gasteiger partial charge in [0.2, 0.25) is 0 Å². The van der Waals surface area contributed by atoms with Crippen molar-refractivity contribution in [1.29, 1.82) is 0 Å². The SMILES string of the molecule is C[C@@H](OC(=O)c1cccc([N+](=O)[O-])c1)C(=O)Nc1ccc(Cl)cn1. The summed E-state index contributed by atoms with van der Waals surface area (Å²) in [5, 5.41) is 13.6. The molecule has 8 nitrogen and oxygen atoms in total. The molecule has 0 unspecified atom stereocenters. The minimum absolute atomic E-state index is 0.0199. The van der Waals surface area contributed by atoms with Crippen LogP contribution in [0.3, 0.4) is 0 Å². The Bertz CT molecular complexity index is 779. The molecule has 0 radical (unpaired) electrons. The average molecular weight is 350 g/mol. The number of halogens is 1. The van der Waals surface area contributed by atoms with Gasteiger partial charge in [-0.25, -0.2) is 9.78 Å². The number of nitro groups is 1. The number of esters is 1. The third kappa shape index (κ3) is 4.50. The van der Waals surface area contributed by atoms with Gasteiger partial charge in [-0.15, -0.1) is 0 Å². The summed E-state index contributed by atoms with van der Waals surface area (Å²) in [4.78, 5) is 37.9. The fourth-order valence-corrected chi connectivity index (χ4v) is 1.82. The van der Waals surface area contributed by atoms with E-state index in [2.05, 4.69) is 10.3 Å². The molecule has 24 heavy (non-hydrogen) atoms. The highest BCUT2D eigenvalue weighted by Gasteiger charge is 2.20. The largest absolute Gasteiger partial charge is 0.449 e. The standard InChI is InChI=1S/C15H12ClN3O5/c1-9(14(20)18-13-6-5-11(16)8-17-13)24-15(21)10-3-2-4-12(7-10)19(22)23/h2-9H,1H3,(H,17,18,20)/t9-/m1/s1. The van der Waals surface area contributed by atoms with Crippen LogP contribution in [0.2, 0.25) is 5.02 Å². The Hall–Kier alpha value is -3.00. The van der Waals surface area contributed by atoms with E-state index in [1.54, 1.807) is 6.07 Å². The van der Waals surface area contributed by atoms with Crippen LogP contribution in [0.25, 0.3) is 0 Å². The molecule has 0 spiro atoms. The second-order valence-corrected chi connectivity index (χ2v) is 5.14. The number of nitrogens with zero attached hydrogens (tertiary/aromatic N) is 2. The fourth-order valence-electron chi connectivity index (χ4n) is 1.71. The van der Waals surface area contributed by atoms with Gasteiger partial charge >= 0.3 is 5.97 Å². The minimum atomic E-state index is -1.12. The van der Waals surface area contributed by atoms with Crippen LogP contribution in [0.1, 0.15) is 17.3 Å². The minimum Gasteiger partial charge on any atom is -0.449 e. The Balaban J connectivity index is 2.00. The smallest absolute Gasteiger partial charge is 0.339 e. The highest BCUT2D eigenvalue weighted by molar-refractivity contribution is 6.30. The number of carbonyl (C=O) groups is 2. The first-order valence-electron chi connectivity index (χ1n) is 6.74. The number of carbonyl (C=O) groups excluding carboxylic acids is 2. The van der Waals surface area contributed by atoms with E-state index in [4.69, 9.17) is 16.3 Å². The van der Waals surface area contributed by atoms with Gasteiger partial charge in [0.25, 0.3) is 11.6 Å². The van der Waals surface area contributed by atoms with Crippen molar-refractivity contribution in [2.24, 2.45) is 0 Å². The number of nitro benzene ring substituents is 1. The maximum absolute atomic E-state index is 12.0. The summed E-state index contributed by atoms with van der Waals surface area (Å²) < 4.78 is 5.00. The van der Waals surface area contributed by atoms with Crippen molar-refractivity contribution < 1.29 is 19.2 Å². The van der Waals surface area contributed by atoms with Crippen LogP contribution in [0.5, 0.6) is 0 Å². The third-order valence-corrected chi connectivity index (χ3v) is 3.15. The number of non-ortho nitro benzene ring substituents is 1. The lowest BCUT2D eigenvalue weighted by atomic mass is 10.2. The van der Waals surface area contributed by atoms with Gasteiger partial charge in [-0.05, 0) is 25.1 Å². The molecule has 0 aliphatic heterocycles. The van der Waals surface area contributed by atoms with Crippen LogP contribution in [-0.2, 0) is 9.53 Å². The molecule has 0 fully saturated rings. The van der Waals surface area contributed by atoms with Gasteiger partial charge in [0, 0.05) is 18.3 Å². The van der Waals surface area contributed by atoms with E-state index in [0.29, 0.717) is 5.02 Å². The molecule has 1 amide bonds. The summed E-state index contributed by atoms with van der Waals surface area (Å²) in [6.07, 6.45) is 0.242. The van der Waals surface area contributed by atoms with Crippen LogP contribution >= 0.6 is 11.6 Å². The molecule has 0 saturated carbocycles. The zero-order valence-corrected chi connectivity index (χ0v) is 13.2. The number of anilines is 1. The number of hydrogen-bond donors (Lipinski definition) is 1. The number of benzene rings is 1. The Kier molecular flexibility index (Phi) is 5.43. The summed E-state index contributed by atoms with van der Waals surface area (Å²) in [6.45, 7) is 1.38. The number of amides is 1. The molecule has 124 valence electrons. The number of hydrogen-bond acceptors (Lipinski definition) is 6. The average Bonchev–Trinajstić information content (AvgIpc) is 2.56. The maximum Gasteiger partial charge on any atom is 0.339 e. The van der Waals surface area contributed by atoms with Crippen LogP contribution < -0.4 is 5.32 Å². The number of nitrogens with one attached hydrogen (secondary N) is 1. The maximum atomic E-state index is 12.0. The van der Waals surface area contributed by atoms with Crippen LogP contribution in [0, 0.1) is 10.1 Å². The molecule has 0 aliphatic carbocycles. The van der Waals surface area contributed by atoms with Crippen LogP contribution in [0.4, 0.5) is 11.5 Å². The number of aromatic nitrogens is 1. The van der Waals surface area contributed by atoms with Crippen molar-refractivity contribution in [2.75, 3.05) is 5.32 Å². The predicted molar refractivity (Wildman–Crippen MR) is 85.9 cm³/mol. The van der Waals surface area contributed by atoms with Crippen molar-refractivity contribution in [3.8, 4) is 0 Å². The lowest BCUT2D eigenvalue weighted by molar-refractivity contribution is -0.384. The number of pyridine rings is 1. The summed E-state index contributed by atoms with van der Waals surface area (Å²) in [5.74, 6) is -1.18. The lowest BCUT2D eigenvalue weighted by Crippen LogP contribution is -2.30. The molecule has 0 aliphatic rings. The van der Waals surface area contributed by atoms with Crippen molar-refractivity contribution in [3.05, 3.63) is 63.3 Å². The number of rotatable bonds is 5. The molecule has 0 saturated heterocycles. The topological polar surface area (TPSA) is 111 Å². The first kappa shape index (κ1) is 17.4. The van der Waals surface area contributed by atoms with Gasteiger partial charge in [0.05, 0.1) is 15.5 Å². The van der Waals surface area contributed by atoms with E-state index in [1.165, 1.54) is 37.4 Å². The fraction of sp³-hybridized carbons (Fsp3) is 0.133. The summed E-state index contributed by atoms with van der Waals surface area (Å²) in [7, 11) is 0. The van der Waals surface area contributed by atoms with E-state index in [1.807, 2.05) is 0 Å². The zero-order chi connectivity index (χ0) is 17.7.